The largest absolute Gasteiger partial charge is 0.348 e. The number of rotatable bonds is 6. The zero-order valence-corrected chi connectivity index (χ0v) is 14.4. The zero-order valence-electron chi connectivity index (χ0n) is 12.7. The van der Waals surface area contributed by atoms with Crippen molar-refractivity contribution < 1.29 is 10.5 Å². The second-order valence-electron chi connectivity index (χ2n) is 5.19. The topological polar surface area (TPSA) is 91.0 Å². The Labute approximate surface area is 131 Å². The van der Waals surface area contributed by atoms with Crippen molar-refractivity contribution in [1.82, 2.24) is 24.7 Å². The van der Waals surface area contributed by atoms with Crippen molar-refractivity contribution in [1.29, 1.82) is 0 Å². The lowest BCUT2D eigenvalue weighted by atomic mass is 10.00. The monoisotopic (exact) mass is 329 g/mol. The lowest BCUT2D eigenvalue weighted by Gasteiger charge is -2.11. The predicted molar refractivity (Wildman–Crippen MR) is 83.2 cm³/mol. The molecule has 2 aromatic heterocycles. The SMILES string of the molecule is CC[C@H](C)[C@H]([NH3+])c1nnc2sc(SCC(=O)N(C)C)nn12. The van der Waals surface area contributed by atoms with Crippen LogP contribution in [0.2, 0.25) is 0 Å². The first-order chi connectivity index (χ1) is 9.93. The molecule has 7 nitrogen and oxygen atoms in total. The number of amides is 1. The molecule has 1 amide bonds. The van der Waals surface area contributed by atoms with Gasteiger partial charge in [-0.05, 0) is 6.42 Å². The average molecular weight is 329 g/mol. The van der Waals surface area contributed by atoms with E-state index in [2.05, 4.69) is 34.9 Å². The van der Waals surface area contributed by atoms with E-state index in [9.17, 15) is 4.79 Å². The normalized spacial score (nSPS) is 14.3. The Morgan fingerprint density at radius 3 is 2.81 bits per heavy atom. The molecule has 0 aliphatic heterocycles. The van der Waals surface area contributed by atoms with Gasteiger partial charge in [-0.3, -0.25) is 4.79 Å². The van der Waals surface area contributed by atoms with Crippen LogP contribution in [0, 0.1) is 5.92 Å². The van der Waals surface area contributed by atoms with E-state index in [-0.39, 0.29) is 11.9 Å². The van der Waals surface area contributed by atoms with E-state index >= 15 is 0 Å². The number of nitrogens with zero attached hydrogens (tertiary/aromatic N) is 5. The maximum absolute atomic E-state index is 11.6. The Kier molecular flexibility index (Phi) is 5.17. The summed E-state index contributed by atoms with van der Waals surface area (Å²) in [5.41, 5.74) is 4.18. The number of carbonyl (C=O) groups is 1. The zero-order chi connectivity index (χ0) is 15.6. The van der Waals surface area contributed by atoms with Gasteiger partial charge in [0.1, 0.15) is 6.04 Å². The molecule has 0 aliphatic rings. The fourth-order valence-corrected chi connectivity index (χ4v) is 3.56. The summed E-state index contributed by atoms with van der Waals surface area (Å²) in [5.74, 6) is 1.67. The third-order valence-electron chi connectivity index (χ3n) is 3.48. The van der Waals surface area contributed by atoms with Gasteiger partial charge >= 0.3 is 0 Å². The number of thioether (sulfide) groups is 1. The summed E-state index contributed by atoms with van der Waals surface area (Å²) in [6.07, 6.45) is 1.03. The van der Waals surface area contributed by atoms with Gasteiger partial charge in [0.25, 0.3) is 0 Å². The summed E-state index contributed by atoms with van der Waals surface area (Å²) >= 11 is 2.88. The number of fused-ring (bicyclic) bond motifs is 1. The van der Waals surface area contributed by atoms with Crippen molar-refractivity contribution in [3.63, 3.8) is 0 Å². The molecular formula is C12H21N6OS2+. The van der Waals surface area contributed by atoms with Gasteiger partial charge in [-0.1, -0.05) is 36.9 Å². The minimum absolute atomic E-state index is 0.0633. The van der Waals surface area contributed by atoms with Crippen LogP contribution in [0.1, 0.15) is 32.1 Å². The molecule has 2 aromatic rings. The Bertz CT molecular complexity index is 622. The first-order valence-corrected chi connectivity index (χ1v) is 8.62. The quantitative estimate of drug-likeness (QED) is 0.788. The van der Waals surface area contributed by atoms with Crippen LogP contribution in [0.25, 0.3) is 4.96 Å². The van der Waals surface area contributed by atoms with Gasteiger partial charge in [0.2, 0.25) is 16.7 Å². The molecule has 0 saturated heterocycles. The van der Waals surface area contributed by atoms with E-state index in [0.29, 0.717) is 11.7 Å². The molecule has 9 heteroatoms. The van der Waals surface area contributed by atoms with Crippen LogP contribution < -0.4 is 5.73 Å². The lowest BCUT2D eigenvalue weighted by Crippen LogP contribution is -2.57. The first-order valence-electron chi connectivity index (χ1n) is 6.82. The number of hydrogen-bond donors (Lipinski definition) is 1. The van der Waals surface area contributed by atoms with Crippen molar-refractivity contribution in [3.8, 4) is 0 Å². The highest BCUT2D eigenvalue weighted by molar-refractivity contribution is 8.01. The van der Waals surface area contributed by atoms with Gasteiger partial charge in [-0.25, -0.2) is 0 Å². The molecule has 2 rings (SSSR count). The minimum atomic E-state index is 0.0633. The van der Waals surface area contributed by atoms with Crippen LogP contribution in [0.15, 0.2) is 4.34 Å². The molecule has 2 atom stereocenters. The highest BCUT2D eigenvalue weighted by Gasteiger charge is 2.25. The highest BCUT2D eigenvalue weighted by Crippen LogP contribution is 2.27. The second-order valence-corrected chi connectivity index (χ2v) is 7.37. The van der Waals surface area contributed by atoms with Crippen LogP contribution in [0.4, 0.5) is 0 Å². The Hall–Kier alpha value is -1.19. The van der Waals surface area contributed by atoms with Crippen LogP contribution in [-0.4, -0.2) is 50.5 Å². The number of aromatic nitrogens is 4. The van der Waals surface area contributed by atoms with Crippen molar-refractivity contribution >= 4 is 34.0 Å². The molecule has 0 radical (unpaired) electrons. The van der Waals surface area contributed by atoms with Gasteiger partial charge in [-0.2, -0.15) is 4.52 Å². The highest BCUT2D eigenvalue weighted by atomic mass is 32.2. The molecule has 0 unspecified atom stereocenters. The Morgan fingerprint density at radius 2 is 2.19 bits per heavy atom. The number of hydrogen-bond acceptors (Lipinski definition) is 6. The number of carbonyl (C=O) groups excluding carboxylic acids is 1. The third-order valence-corrected chi connectivity index (χ3v) is 5.49. The lowest BCUT2D eigenvalue weighted by molar-refractivity contribution is -0.441. The minimum Gasteiger partial charge on any atom is -0.348 e. The summed E-state index contributed by atoms with van der Waals surface area (Å²) in [7, 11) is 3.50. The molecule has 0 aromatic carbocycles. The molecule has 0 aliphatic carbocycles. The van der Waals surface area contributed by atoms with Crippen molar-refractivity contribution in [2.75, 3.05) is 19.8 Å². The molecular weight excluding hydrogens is 308 g/mol. The smallest absolute Gasteiger partial charge is 0.235 e. The maximum Gasteiger partial charge on any atom is 0.235 e. The van der Waals surface area contributed by atoms with Crippen LogP contribution >= 0.6 is 23.1 Å². The van der Waals surface area contributed by atoms with Gasteiger partial charge in [-0.15, -0.1) is 15.3 Å². The standard InChI is InChI=1S/C12H20N6OS2/c1-5-7(2)9(13)10-14-15-11-18(10)16-12(21-11)20-6-8(19)17(3)4/h7,9H,5-6,13H2,1-4H3/p+1/t7-,9-/m0/s1. The third kappa shape index (κ3) is 3.53. The van der Waals surface area contributed by atoms with Crippen molar-refractivity contribution in [2.24, 2.45) is 5.92 Å². The van der Waals surface area contributed by atoms with Crippen LogP contribution in [0.3, 0.4) is 0 Å². The van der Waals surface area contributed by atoms with E-state index in [4.69, 9.17) is 0 Å². The molecule has 21 heavy (non-hydrogen) atoms. The summed E-state index contributed by atoms with van der Waals surface area (Å²) in [6.45, 7) is 4.28. The number of quaternary nitrogens is 1. The molecule has 0 spiro atoms. The summed E-state index contributed by atoms with van der Waals surface area (Å²) in [6, 6.07) is 0.0633. The van der Waals surface area contributed by atoms with Crippen LogP contribution in [-0.2, 0) is 4.79 Å². The molecule has 2 heterocycles. The average Bonchev–Trinajstić information content (AvgIpc) is 3.02. The van der Waals surface area contributed by atoms with Crippen molar-refractivity contribution in [3.05, 3.63) is 5.82 Å². The summed E-state index contributed by atoms with van der Waals surface area (Å²) in [4.78, 5) is 13.9. The molecule has 0 fully saturated rings. The van der Waals surface area contributed by atoms with Crippen LogP contribution in [0.5, 0.6) is 0 Å². The Morgan fingerprint density at radius 1 is 1.48 bits per heavy atom. The van der Waals surface area contributed by atoms with Gasteiger partial charge < -0.3 is 10.6 Å². The fourth-order valence-electron chi connectivity index (χ4n) is 1.70. The summed E-state index contributed by atoms with van der Waals surface area (Å²) in [5, 5.41) is 12.9. The van der Waals surface area contributed by atoms with E-state index in [1.54, 1.807) is 23.5 Å². The van der Waals surface area contributed by atoms with E-state index in [0.717, 1.165) is 21.5 Å². The predicted octanol–water partition coefficient (Wildman–Crippen LogP) is 0.695. The molecule has 0 bridgehead atoms. The van der Waals surface area contributed by atoms with Crippen molar-refractivity contribution in [2.45, 2.75) is 30.6 Å². The fraction of sp³-hybridized carbons (Fsp3) is 0.667. The molecule has 3 N–H and O–H groups in total. The van der Waals surface area contributed by atoms with Gasteiger partial charge in [0.05, 0.1) is 5.75 Å². The van der Waals surface area contributed by atoms with Gasteiger partial charge in [0, 0.05) is 20.0 Å². The van der Waals surface area contributed by atoms with E-state index in [1.165, 1.54) is 23.1 Å². The summed E-state index contributed by atoms with van der Waals surface area (Å²) < 4.78 is 2.59. The second kappa shape index (κ2) is 6.71. The maximum atomic E-state index is 11.6. The van der Waals surface area contributed by atoms with E-state index < -0.39 is 0 Å². The van der Waals surface area contributed by atoms with E-state index in [1.807, 2.05) is 0 Å². The molecule has 0 saturated carbocycles. The molecule has 116 valence electrons. The first kappa shape index (κ1) is 16.2. The van der Waals surface area contributed by atoms with Gasteiger partial charge in [0.15, 0.2) is 4.34 Å². The Balaban J connectivity index is 2.15.